The summed E-state index contributed by atoms with van der Waals surface area (Å²) in [6, 6.07) is 17.8. The fourth-order valence-corrected chi connectivity index (χ4v) is 4.83. The second-order valence-electron chi connectivity index (χ2n) is 9.29. The number of nitrogens with one attached hydrogen (secondary N) is 1. The third-order valence-corrected chi connectivity index (χ3v) is 6.54. The van der Waals surface area contributed by atoms with Gasteiger partial charge in [0.25, 0.3) is 0 Å². The monoisotopic (exact) mass is 556 g/mol. The molecule has 0 saturated heterocycles. The lowest BCUT2D eigenvalue weighted by molar-refractivity contribution is -0.110. The number of halogens is 1. The van der Waals surface area contributed by atoms with E-state index in [0.717, 1.165) is 22.0 Å². The van der Waals surface area contributed by atoms with E-state index in [4.69, 9.17) is 14.6 Å². The Morgan fingerprint density at radius 2 is 1.75 bits per heavy atom. The van der Waals surface area contributed by atoms with Crippen molar-refractivity contribution < 1.29 is 24.5 Å². The first kappa shape index (κ1) is 27.6. The van der Waals surface area contributed by atoms with Gasteiger partial charge in [-0.1, -0.05) is 71.7 Å². The van der Waals surface area contributed by atoms with Crippen LogP contribution in [0.15, 0.2) is 71.5 Å². The highest BCUT2D eigenvalue weighted by Gasteiger charge is 2.62. The van der Waals surface area contributed by atoms with Gasteiger partial charge in [-0.2, -0.15) is 0 Å². The average molecular weight is 557 g/mol. The maximum absolute atomic E-state index is 12.3. The minimum Gasteiger partial charge on any atom is -0.495 e. The van der Waals surface area contributed by atoms with Crippen LogP contribution in [0, 0.1) is 0 Å². The SMILES string of the molecule is CC(C)(O)CNC=O.CCCC1(O)c2c(OC)cncc2OC1(c1ccccc1)c1ccc(Br)cc1. The highest BCUT2D eigenvalue weighted by atomic mass is 79.9. The van der Waals surface area contributed by atoms with Crippen LogP contribution < -0.4 is 14.8 Å². The van der Waals surface area contributed by atoms with E-state index < -0.39 is 16.8 Å². The fourth-order valence-electron chi connectivity index (χ4n) is 4.56. The molecule has 192 valence electrons. The minimum atomic E-state index is -1.32. The predicted octanol–water partition coefficient (Wildman–Crippen LogP) is 4.68. The van der Waals surface area contributed by atoms with Crippen LogP contribution in [0.5, 0.6) is 11.5 Å². The van der Waals surface area contributed by atoms with Gasteiger partial charge < -0.3 is 25.0 Å². The maximum atomic E-state index is 12.3. The summed E-state index contributed by atoms with van der Waals surface area (Å²) in [5.41, 5.74) is -0.813. The second kappa shape index (κ2) is 11.4. The molecule has 1 aliphatic heterocycles. The van der Waals surface area contributed by atoms with Gasteiger partial charge in [-0.15, -0.1) is 0 Å². The number of benzene rings is 2. The van der Waals surface area contributed by atoms with Gasteiger partial charge in [0.05, 0.1) is 30.7 Å². The van der Waals surface area contributed by atoms with E-state index in [9.17, 15) is 9.90 Å². The summed E-state index contributed by atoms with van der Waals surface area (Å²) in [4.78, 5) is 13.9. The predicted molar refractivity (Wildman–Crippen MR) is 142 cm³/mol. The summed E-state index contributed by atoms with van der Waals surface area (Å²) in [7, 11) is 1.59. The fraction of sp³-hybridized carbons (Fsp3) is 0.357. The molecule has 2 heterocycles. The zero-order valence-electron chi connectivity index (χ0n) is 21.0. The molecule has 7 nitrogen and oxygen atoms in total. The Morgan fingerprint density at radius 1 is 1.11 bits per heavy atom. The van der Waals surface area contributed by atoms with Crippen molar-refractivity contribution in [2.24, 2.45) is 0 Å². The number of rotatable bonds is 8. The lowest BCUT2D eigenvalue weighted by Gasteiger charge is -2.42. The zero-order chi connectivity index (χ0) is 26.4. The Kier molecular flexibility index (Phi) is 8.76. The largest absolute Gasteiger partial charge is 0.495 e. The highest BCUT2D eigenvalue weighted by Crippen LogP contribution is 2.60. The molecular formula is C28H33BrN2O5. The maximum Gasteiger partial charge on any atom is 0.207 e. The number of carbonyl (C=O) groups excluding carboxylic acids is 1. The Labute approximate surface area is 220 Å². The number of hydrogen-bond donors (Lipinski definition) is 3. The molecule has 0 saturated carbocycles. The lowest BCUT2D eigenvalue weighted by Crippen LogP contribution is -2.50. The highest BCUT2D eigenvalue weighted by molar-refractivity contribution is 9.10. The molecule has 2 aromatic carbocycles. The number of nitrogens with zero attached hydrogens (tertiary/aromatic N) is 1. The smallest absolute Gasteiger partial charge is 0.207 e. The summed E-state index contributed by atoms with van der Waals surface area (Å²) < 4.78 is 13.1. The van der Waals surface area contributed by atoms with E-state index in [1.165, 1.54) is 0 Å². The van der Waals surface area contributed by atoms with Crippen LogP contribution >= 0.6 is 15.9 Å². The first-order valence-electron chi connectivity index (χ1n) is 11.8. The number of amides is 1. The molecule has 0 aliphatic carbocycles. The number of fused-ring (bicyclic) bond motifs is 1. The van der Waals surface area contributed by atoms with Gasteiger partial charge in [-0.05, 0) is 32.4 Å². The molecule has 3 aromatic rings. The number of aliphatic hydroxyl groups is 2. The minimum absolute atomic E-state index is 0.302. The van der Waals surface area contributed by atoms with E-state index in [2.05, 4.69) is 33.2 Å². The Bertz CT molecular complexity index is 1150. The van der Waals surface area contributed by atoms with Crippen molar-refractivity contribution in [3.05, 3.63) is 88.2 Å². The molecule has 1 amide bonds. The summed E-state index contributed by atoms with van der Waals surface area (Å²) >= 11 is 3.50. The molecule has 36 heavy (non-hydrogen) atoms. The van der Waals surface area contributed by atoms with Crippen LogP contribution in [-0.2, 0) is 16.0 Å². The lowest BCUT2D eigenvalue weighted by atomic mass is 9.69. The van der Waals surface area contributed by atoms with Gasteiger partial charge in [-0.25, -0.2) is 0 Å². The molecule has 1 aliphatic rings. The van der Waals surface area contributed by atoms with E-state index in [1.807, 2.05) is 54.6 Å². The summed E-state index contributed by atoms with van der Waals surface area (Å²) in [5.74, 6) is 1.07. The van der Waals surface area contributed by atoms with Gasteiger partial charge in [-0.3, -0.25) is 9.78 Å². The normalized spacial score (nSPS) is 20.4. The first-order chi connectivity index (χ1) is 17.1. The van der Waals surface area contributed by atoms with E-state index in [-0.39, 0.29) is 0 Å². The quantitative estimate of drug-likeness (QED) is 0.348. The van der Waals surface area contributed by atoms with E-state index in [1.54, 1.807) is 33.4 Å². The number of pyridine rings is 1. The summed E-state index contributed by atoms with van der Waals surface area (Å²) in [6.07, 6.45) is 5.13. The van der Waals surface area contributed by atoms with Gasteiger partial charge >= 0.3 is 0 Å². The topological polar surface area (TPSA) is 101 Å². The van der Waals surface area contributed by atoms with Crippen molar-refractivity contribution in [3.8, 4) is 11.5 Å². The molecule has 3 N–H and O–H groups in total. The van der Waals surface area contributed by atoms with Gasteiger partial charge in [0.1, 0.15) is 17.1 Å². The number of ether oxygens (including phenoxy) is 2. The van der Waals surface area contributed by atoms with Crippen molar-refractivity contribution in [2.45, 2.75) is 50.4 Å². The van der Waals surface area contributed by atoms with Gasteiger partial charge in [0, 0.05) is 22.1 Å². The number of carbonyl (C=O) groups is 1. The zero-order valence-corrected chi connectivity index (χ0v) is 22.6. The molecule has 8 heteroatoms. The Hall–Kier alpha value is -2.94. The van der Waals surface area contributed by atoms with Crippen LogP contribution in [0.2, 0.25) is 0 Å². The number of aromatic nitrogens is 1. The molecule has 2 atom stereocenters. The van der Waals surface area contributed by atoms with Crippen LogP contribution in [0.3, 0.4) is 0 Å². The van der Waals surface area contributed by atoms with E-state index >= 15 is 0 Å². The van der Waals surface area contributed by atoms with Gasteiger partial charge in [0.15, 0.2) is 5.60 Å². The molecule has 0 radical (unpaired) electrons. The molecule has 4 rings (SSSR count). The Morgan fingerprint density at radius 3 is 2.28 bits per heavy atom. The number of methoxy groups -OCH3 is 1. The average Bonchev–Trinajstić information content (AvgIpc) is 3.13. The summed E-state index contributed by atoms with van der Waals surface area (Å²) in [5, 5.41) is 23.6. The van der Waals surface area contributed by atoms with Crippen LogP contribution in [0.25, 0.3) is 0 Å². The van der Waals surface area contributed by atoms with Crippen LogP contribution in [0.4, 0.5) is 0 Å². The number of hydrogen-bond acceptors (Lipinski definition) is 6. The molecule has 0 spiro atoms. The van der Waals surface area contributed by atoms with Crippen molar-refractivity contribution in [1.29, 1.82) is 0 Å². The third-order valence-electron chi connectivity index (χ3n) is 6.02. The Balaban J connectivity index is 0.000000392. The standard InChI is InChI=1S/C23H22BrNO3.C5H11NO2/c1-3-13-22(26)21-19(27-2)14-25-15-20(21)28-23(22,16-7-5-4-6-8-16)17-9-11-18(24)12-10-17;1-5(2,8)3-6-4-7/h4-12,14-15,26H,3,13H2,1-2H3;4,8H,3H2,1-2H3,(H,6,7). The molecule has 1 aromatic heterocycles. The van der Waals surface area contributed by atoms with Crippen molar-refractivity contribution in [1.82, 2.24) is 10.3 Å². The third kappa shape index (κ3) is 5.40. The van der Waals surface area contributed by atoms with Crippen molar-refractivity contribution in [3.63, 3.8) is 0 Å². The van der Waals surface area contributed by atoms with Crippen molar-refractivity contribution >= 4 is 22.3 Å². The summed E-state index contributed by atoms with van der Waals surface area (Å²) in [6.45, 7) is 5.62. The first-order valence-corrected chi connectivity index (χ1v) is 12.6. The van der Waals surface area contributed by atoms with Crippen LogP contribution in [-0.4, -0.2) is 40.9 Å². The van der Waals surface area contributed by atoms with Gasteiger partial charge in [0.2, 0.25) is 6.41 Å². The molecular weight excluding hydrogens is 524 g/mol. The molecule has 0 fully saturated rings. The second-order valence-corrected chi connectivity index (χ2v) is 10.2. The van der Waals surface area contributed by atoms with Crippen molar-refractivity contribution in [2.75, 3.05) is 13.7 Å². The van der Waals surface area contributed by atoms with Crippen LogP contribution in [0.1, 0.15) is 50.3 Å². The molecule has 0 bridgehead atoms. The molecule has 2 unspecified atom stereocenters. The van der Waals surface area contributed by atoms with E-state index in [0.29, 0.717) is 36.4 Å².